The van der Waals surface area contributed by atoms with Crippen molar-refractivity contribution in [1.82, 2.24) is 20.4 Å². The van der Waals surface area contributed by atoms with Crippen LogP contribution < -0.4 is 10.6 Å². The Morgan fingerprint density at radius 3 is 2.41 bits per heavy atom. The SMILES string of the molecule is CCNC(=NCCCN(C)C)NC1CCN(C(C)C)CC1.I. The highest BCUT2D eigenvalue weighted by Gasteiger charge is 2.21. The maximum absolute atomic E-state index is 4.69. The minimum absolute atomic E-state index is 0. The number of piperidine rings is 1. The molecule has 132 valence electrons. The van der Waals surface area contributed by atoms with Crippen molar-refractivity contribution in [3.63, 3.8) is 0 Å². The van der Waals surface area contributed by atoms with Crippen molar-refractivity contribution in [2.24, 2.45) is 4.99 Å². The van der Waals surface area contributed by atoms with Crippen LogP contribution in [-0.4, -0.2) is 74.7 Å². The van der Waals surface area contributed by atoms with Gasteiger partial charge in [0.2, 0.25) is 0 Å². The quantitative estimate of drug-likeness (QED) is 0.283. The topological polar surface area (TPSA) is 42.9 Å². The summed E-state index contributed by atoms with van der Waals surface area (Å²) in [6.07, 6.45) is 3.52. The van der Waals surface area contributed by atoms with Gasteiger partial charge in [0.15, 0.2) is 5.96 Å². The molecule has 1 fully saturated rings. The van der Waals surface area contributed by atoms with E-state index in [4.69, 9.17) is 0 Å². The molecule has 22 heavy (non-hydrogen) atoms. The van der Waals surface area contributed by atoms with Gasteiger partial charge in [-0.3, -0.25) is 4.99 Å². The molecule has 0 atom stereocenters. The molecule has 1 heterocycles. The number of likely N-dealkylation sites (tertiary alicyclic amines) is 1. The lowest BCUT2D eigenvalue weighted by molar-refractivity contribution is 0.167. The average Bonchev–Trinajstić information content (AvgIpc) is 2.44. The zero-order chi connectivity index (χ0) is 15.7. The number of nitrogens with one attached hydrogen (secondary N) is 2. The summed E-state index contributed by atoms with van der Waals surface area (Å²) in [5, 5.41) is 6.97. The van der Waals surface area contributed by atoms with E-state index in [0.717, 1.165) is 32.0 Å². The fourth-order valence-electron chi connectivity index (χ4n) is 2.65. The molecule has 1 aliphatic rings. The maximum Gasteiger partial charge on any atom is 0.191 e. The smallest absolute Gasteiger partial charge is 0.191 e. The molecule has 0 aromatic heterocycles. The van der Waals surface area contributed by atoms with Crippen molar-refractivity contribution in [2.45, 2.75) is 52.1 Å². The predicted octanol–water partition coefficient (Wildman–Crippen LogP) is 1.98. The van der Waals surface area contributed by atoms with Gasteiger partial charge in [0.25, 0.3) is 0 Å². The van der Waals surface area contributed by atoms with Gasteiger partial charge in [-0.2, -0.15) is 0 Å². The molecule has 5 nitrogen and oxygen atoms in total. The molecule has 0 spiro atoms. The van der Waals surface area contributed by atoms with Gasteiger partial charge < -0.3 is 20.4 Å². The normalized spacial score (nSPS) is 17.7. The molecule has 6 heteroatoms. The highest BCUT2D eigenvalue weighted by atomic mass is 127. The molecule has 0 amide bonds. The van der Waals surface area contributed by atoms with Crippen LogP contribution in [0.15, 0.2) is 4.99 Å². The minimum atomic E-state index is 0. The van der Waals surface area contributed by atoms with Crippen LogP contribution >= 0.6 is 24.0 Å². The van der Waals surface area contributed by atoms with Crippen molar-refractivity contribution in [3.8, 4) is 0 Å². The Labute approximate surface area is 154 Å². The van der Waals surface area contributed by atoms with Crippen molar-refractivity contribution in [3.05, 3.63) is 0 Å². The Balaban J connectivity index is 0.00000441. The summed E-state index contributed by atoms with van der Waals surface area (Å²) < 4.78 is 0. The van der Waals surface area contributed by atoms with Gasteiger partial charge in [0, 0.05) is 38.3 Å². The average molecular weight is 425 g/mol. The molecule has 0 saturated carbocycles. The van der Waals surface area contributed by atoms with E-state index < -0.39 is 0 Å². The highest BCUT2D eigenvalue weighted by Crippen LogP contribution is 2.12. The summed E-state index contributed by atoms with van der Waals surface area (Å²) in [6.45, 7) is 12.0. The first-order valence-corrected chi connectivity index (χ1v) is 8.46. The highest BCUT2D eigenvalue weighted by molar-refractivity contribution is 14.0. The minimum Gasteiger partial charge on any atom is -0.357 e. The lowest BCUT2D eigenvalue weighted by Gasteiger charge is -2.35. The van der Waals surface area contributed by atoms with Crippen LogP contribution in [0.5, 0.6) is 0 Å². The summed E-state index contributed by atoms with van der Waals surface area (Å²) in [5.41, 5.74) is 0. The fourth-order valence-corrected chi connectivity index (χ4v) is 2.65. The standard InChI is InChI=1S/C16H35N5.HI/c1-6-17-16(18-10-7-11-20(4)5)19-15-8-12-21(13-9-15)14(2)3;/h14-15H,6-13H2,1-5H3,(H2,17,18,19);1H. The fraction of sp³-hybridized carbons (Fsp3) is 0.938. The van der Waals surface area contributed by atoms with Gasteiger partial charge >= 0.3 is 0 Å². The Morgan fingerprint density at radius 2 is 1.91 bits per heavy atom. The second-order valence-electron chi connectivity index (χ2n) is 6.47. The Hall–Kier alpha value is -0.0800. The van der Waals surface area contributed by atoms with Crippen LogP contribution in [0.1, 0.15) is 40.0 Å². The van der Waals surface area contributed by atoms with Crippen LogP contribution in [0.2, 0.25) is 0 Å². The lowest BCUT2D eigenvalue weighted by atomic mass is 10.0. The van der Waals surface area contributed by atoms with E-state index in [9.17, 15) is 0 Å². The molecule has 0 unspecified atom stereocenters. The lowest BCUT2D eigenvalue weighted by Crippen LogP contribution is -2.49. The summed E-state index contributed by atoms with van der Waals surface area (Å²) in [4.78, 5) is 9.45. The van der Waals surface area contributed by atoms with E-state index >= 15 is 0 Å². The van der Waals surface area contributed by atoms with E-state index in [1.54, 1.807) is 0 Å². The van der Waals surface area contributed by atoms with Gasteiger partial charge in [0.1, 0.15) is 0 Å². The second-order valence-corrected chi connectivity index (χ2v) is 6.47. The maximum atomic E-state index is 4.69. The third-order valence-electron chi connectivity index (χ3n) is 3.98. The molecule has 0 aromatic rings. The molecule has 0 aliphatic carbocycles. The van der Waals surface area contributed by atoms with E-state index in [1.165, 1.54) is 25.9 Å². The number of guanidine groups is 1. The van der Waals surface area contributed by atoms with Crippen LogP contribution in [0, 0.1) is 0 Å². The van der Waals surface area contributed by atoms with Gasteiger partial charge in [0.05, 0.1) is 0 Å². The summed E-state index contributed by atoms with van der Waals surface area (Å²) >= 11 is 0. The number of hydrogen-bond acceptors (Lipinski definition) is 3. The summed E-state index contributed by atoms with van der Waals surface area (Å²) in [6, 6.07) is 1.23. The molecule has 1 rings (SSSR count). The van der Waals surface area contributed by atoms with Crippen LogP contribution in [0.4, 0.5) is 0 Å². The third-order valence-corrected chi connectivity index (χ3v) is 3.98. The molecule has 2 N–H and O–H groups in total. The summed E-state index contributed by atoms with van der Waals surface area (Å²) in [5.74, 6) is 0.985. The van der Waals surface area contributed by atoms with Crippen molar-refractivity contribution >= 4 is 29.9 Å². The molecular formula is C16H36IN5. The Bertz CT molecular complexity index is 299. The molecular weight excluding hydrogens is 389 g/mol. The van der Waals surface area contributed by atoms with Gasteiger partial charge in [-0.05, 0) is 60.7 Å². The van der Waals surface area contributed by atoms with Crippen molar-refractivity contribution in [2.75, 3.05) is 46.8 Å². The summed E-state index contributed by atoms with van der Waals surface area (Å²) in [7, 11) is 4.21. The molecule has 1 aliphatic heterocycles. The first-order valence-electron chi connectivity index (χ1n) is 8.46. The first-order chi connectivity index (χ1) is 10.0. The molecule has 0 bridgehead atoms. The van der Waals surface area contributed by atoms with E-state index in [-0.39, 0.29) is 24.0 Å². The number of aliphatic imine (C=N–C) groups is 1. The second kappa shape index (κ2) is 12.4. The van der Waals surface area contributed by atoms with E-state index in [1.807, 2.05) is 0 Å². The van der Waals surface area contributed by atoms with Gasteiger partial charge in [-0.25, -0.2) is 0 Å². The van der Waals surface area contributed by atoms with Crippen LogP contribution in [0.25, 0.3) is 0 Å². The Morgan fingerprint density at radius 1 is 1.27 bits per heavy atom. The largest absolute Gasteiger partial charge is 0.357 e. The monoisotopic (exact) mass is 425 g/mol. The van der Waals surface area contributed by atoms with Crippen LogP contribution in [0.3, 0.4) is 0 Å². The number of rotatable bonds is 7. The van der Waals surface area contributed by atoms with E-state index in [0.29, 0.717) is 12.1 Å². The van der Waals surface area contributed by atoms with E-state index in [2.05, 4.69) is 60.3 Å². The first kappa shape index (κ1) is 21.9. The van der Waals surface area contributed by atoms with Crippen molar-refractivity contribution < 1.29 is 0 Å². The zero-order valence-electron chi connectivity index (χ0n) is 15.1. The molecule has 0 aromatic carbocycles. The zero-order valence-corrected chi connectivity index (χ0v) is 17.4. The third kappa shape index (κ3) is 9.15. The number of hydrogen-bond donors (Lipinski definition) is 2. The Kier molecular flexibility index (Phi) is 12.3. The molecule has 0 radical (unpaired) electrons. The molecule has 1 saturated heterocycles. The van der Waals surface area contributed by atoms with Gasteiger partial charge in [-0.1, -0.05) is 0 Å². The van der Waals surface area contributed by atoms with Crippen LogP contribution in [-0.2, 0) is 0 Å². The van der Waals surface area contributed by atoms with Gasteiger partial charge in [-0.15, -0.1) is 24.0 Å². The predicted molar refractivity (Wildman–Crippen MR) is 107 cm³/mol. The number of nitrogens with zero attached hydrogens (tertiary/aromatic N) is 3. The number of halogens is 1. The van der Waals surface area contributed by atoms with Crippen molar-refractivity contribution in [1.29, 1.82) is 0 Å².